The molecular weight excluding hydrogens is 368 g/mol. The van der Waals surface area contributed by atoms with Gasteiger partial charge in [-0.1, -0.05) is 42.5 Å². The third-order valence-electron chi connectivity index (χ3n) is 5.94. The number of fused-ring (bicyclic) bond motifs is 1. The number of rotatable bonds is 6. The van der Waals surface area contributed by atoms with E-state index < -0.39 is 22.7 Å². The molecule has 1 aliphatic heterocycles. The summed E-state index contributed by atoms with van der Waals surface area (Å²) in [6.45, 7) is 0.448. The molecule has 29 heavy (non-hydrogen) atoms. The monoisotopic (exact) mass is 388 g/mol. The quantitative estimate of drug-likeness (QED) is 0.761. The average molecular weight is 388 g/mol. The van der Waals surface area contributed by atoms with Crippen molar-refractivity contribution in [1.29, 1.82) is 10.5 Å². The summed E-state index contributed by atoms with van der Waals surface area (Å²) in [5.41, 5.74) is 5.31. The van der Waals surface area contributed by atoms with E-state index in [1.165, 1.54) is 14.2 Å². The van der Waals surface area contributed by atoms with E-state index in [0.717, 1.165) is 11.1 Å². The van der Waals surface area contributed by atoms with Gasteiger partial charge in [0.05, 0.1) is 12.1 Å². The van der Waals surface area contributed by atoms with Crippen LogP contribution >= 0.6 is 0 Å². The Morgan fingerprint density at radius 3 is 2.21 bits per heavy atom. The van der Waals surface area contributed by atoms with Crippen molar-refractivity contribution in [2.45, 2.75) is 18.4 Å². The third-order valence-corrected chi connectivity index (χ3v) is 5.94. The van der Waals surface area contributed by atoms with E-state index in [1.54, 1.807) is 0 Å². The molecule has 2 aromatic rings. The van der Waals surface area contributed by atoms with E-state index in [0.29, 0.717) is 12.4 Å². The molecule has 1 saturated carbocycles. The Kier molecular flexibility index (Phi) is 4.31. The highest BCUT2D eigenvalue weighted by Crippen LogP contribution is 2.81. The summed E-state index contributed by atoms with van der Waals surface area (Å²) in [7, 11) is 2.78. The molecule has 1 heterocycles. The number of hydrogen-bond donors (Lipinski definition) is 1. The Bertz CT molecular complexity index is 1030. The Morgan fingerprint density at radius 2 is 1.66 bits per heavy atom. The van der Waals surface area contributed by atoms with E-state index >= 15 is 0 Å². The van der Waals surface area contributed by atoms with Gasteiger partial charge in [-0.3, -0.25) is 0 Å². The Morgan fingerprint density at radius 1 is 1.00 bits per heavy atom. The SMILES string of the molecule is COC1(OC)N=C(N)C2(C#N)C(c3ccc(OCc4ccccc4)cc3)C12C#N. The fourth-order valence-electron chi connectivity index (χ4n) is 4.52. The van der Waals surface area contributed by atoms with Gasteiger partial charge in [0, 0.05) is 20.1 Å². The molecule has 7 nitrogen and oxygen atoms in total. The number of nitriles is 2. The predicted molar refractivity (Wildman–Crippen MR) is 104 cm³/mol. The van der Waals surface area contributed by atoms with Crippen LogP contribution in [0.2, 0.25) is 0 Å². The lowest BCUT2D eigenvalue weighted by Gasteiger charge is -2.29. The van der Waals surface area contributed by atoms with Gasteiger partial charge in [-0.25, -0.2) is 4.99 Å². The van der Waals surface area contributed by atoms with Crippen molar-refractivity contribution >= 4 is 5.84 Å². The molecule has 0 saturated heterocycles. The summed E-state index contributed by atoms with van der Waals surface area (Å²) in [6, 6.07) is 21.6. The van der Waals surface area contributed by atoms with Crippen LogP contribution in [0.1, 0.15) is 17.0 Å². The van der Waals surface area contributed by atoms with Crippen molar-refractivity contribution < 1.29 is 14.2 Å². The van der Waals surface area contributed by atoms with Crippen molar-refractivity contribution in [3.63, 3.8) is 0 Å². The number of benzene rings is 2. The van der Waals surface area contributed by atoms with Crippen molar-refractivity contribution in [1.82, 2.24) is 0 Å². The minimum absolute atomic E-state index is 0.0552. The average Bonchev–Trinajstić information content (AvgIpc) is 3.35. The molecule has 7 heteroatoms. The molecule has 2 aromatic carbocycles. The van der Waals surface area contributed by atoms with Crippen LogP contribution in [0.5, 0.6) is 5.75 Å². The second-order valence-electron chi connectivity index (χ2n) is 7.10. The Balaban J connectivity index is 1.63. The standard InChI is InChI=1S/C22H20N4O3/c1-27-22(28-2)21(14-24)18(20(21,13-23)19(25)26-22)16-8-10-17(11-9-16)29-12-15-6-4-3-5-7-15/h3-11,18H,12H2,1-2H3,(H2,25,26). The minimum Gasteiger partial charge on any atom is -0.489 e. The molecule has 1 fully saturated rings. The van der Waals surface area contributed by atoms with Gasteiger partial charge in [0.15, 0.2) is 5.41 Å². The maximum Gasteiger partial charge on any atom is 0.292 e. The van der Waals surface area contributed by atoms with Gasteiger partial charge in [-0.15, -0.1) is 0 Å². The minimum atomic E-state index is -1.62. The summed E-state index contributed by atoms with van der Waals surface area (Å²) in [4.78, 5) is 4.21. The summed E-state index contributed by atoms with van der Waals surface area (Å²) < 4.78 is 16.8. The zero-order chi connectivity index (χ0) is 20.7. The first-order chi connectivity index (χ1) is 14.0. The second kappa shape index (κ2) is 6.59. The van der Waals surface area contributed by atoms with Gasteiger partial charge in [0.2, 0.25) is 0 Å². The van der Waals surface area contributed by atoms with Crippen molar-refractivity contribution in [3.05, 3.63) is 65.7 Å². The second-order valence-corrected chi connectivity index (χ2v) is 7.10. The molecule has 2 aliphatic rings. The molecule has 2 N–H and O–H groups in total. The first kappa shape index (κ1) is 18.9. The Labute approximate surface area is 168 Å². The van der Waals surface area contributed by atoms with Crippen LogP contribution < -0.4 is 10.5 Å². The molecule has 3 unspecified atom stereocenters. The van der Waals surface area contributed by atoms with Gasteiger partial charge in [-0.05, 0) is 23.3 Å². The lowest BCUT2D eigenvalue weighted by Crippen LogP contribution is -2.41. The molecule has 1 aliphatic carbocycles. The number of amidine groups is 1. The molecule has 0 bridgehead atoms. The van der Waals surface area contributed by atoms with E-state index in [-0.39, 0.29) is 5.84 Å². The van der Waals surface area contributed by atoms with E-state index in [2.05, 4.69) is 17.1 Å². The van der Waals surface area contributed by atoms with Gasteiger partial charge in [0.1, 0.15) is 23.6 Å². The molecule has 146 valence electrons. The fourth-order valence-corrected chi connectivity index (χ4v) is 4.52. The van der Waals surface area contributed by atoms with E-state index in [9.17, 15) is 10.5 Å². The van der Waals surface area contributed by atoms with Crippen molar-refractivity contribution in [2.24, 2.45) is 21.6 Å². The summed E-state index contributed by atoms with van der Waals surface area (Å²) in [5.74, 6) is -1.40. The van der Waals surface area contributed by atoms with E-state index in [1.807, 2.05) is 54.6 Å². The highest BCUT2D eigenvalue weighted by molar-refractivity contribution is 6.00. The Hall–Kier alpha value is -3.39. The number of ether oxygens (including phenoxy) is 3. The lowest BCUT2D eigenvalue weighted by atomic mass is 9.93. The van der Waals surface area contributed by atoms with Crippen LogP contribution in [-0.2, 0) is 16.1 Å². The normalized spacial score (nSPS) is 28.6. The van der Waals surface area contributed by atoms with Gasteiger partial charge in [-0.2, -0.15) is 10.5 Å². The fraction of sp³-hybridized carbons (Fsp3) is 0.318. The molecule has 0 amide bonds. The van der Waals surface area contributed by atoms with Crippen LogP contribution in [-0.4, -0.2) is 26.0 Å². The van der Waals surface area contributed by atoms with E-state index in [4.69, 9.17) is 19.9 Å². The van der Waals surface area contributed by atoms with Crippen molar-refractivity contribution in [3.8, 4) is 17.9 Å². The number of aliphatic imine (C=N–C) groups is 1. The highest BCUT2D eigenvalue weighted by Gasteiger charge is 2.93. The number of nitrogens with zero attached hydrogens (tertiary/aromatic N) is 3. The predicted octanol–water partition coefficient (Wildman–Crippen LogP) is 2.70. The number of methoxy groups -OCH3 is 2. The summed E-state index contributed by atoms with van der Waals surface area (Å²) >= 11 is 0. The molecule has 0 spiro atoms. The van der Waals surface area contributed by atoms with Crippen LogP contribution in [0.25, 0.3) is 0 Å². The van der Waals surface area contributed by atoms with Gasteiger partial charge in [0.25, 0.3) is 5.91 Å². The van der Waals surface area contributed by atoms with Crippen molar-refractivity contribution in [2.75, 3.05) is 14.2 Å². The zero-order valence-corrected chi connectivity index (χ0v) is 16.1. The van der Waals surface area contributed by atoms with Crippen LogP contribution in [0.3, 0.4) is 0 Å². The molecule has 0 aromatic heterocycles. The molecular formula is C22H20N4O3. The number of hydrogen-bond acceptors (Lipinski definition) is 7. The molecule has 3 atom stereocenters. The third kappa shape index (κ3) is 2.26. The first-order valence-corrected chi connectivity index (χ1v) is 9.10. The maximum atomic E-state index is 10.1. The highest BCUT2D eigenvalue weighted by atomic mass is 16.7. The van der Waals surface area contributed by atoms with Gasteiger partial charge >= 0.3 is 0 Å². The molecule has 4 rings (SSSR count). The van der Waals surface area contributed by atoms with Crippen LogP contribution in [0.15, 0.2) is 59.6 Å². The van der Waals surface area contributed by atoms with Gasteiger partial charge < -0.3 is 19.9 Å². The van der Waals surface area contributed by atoms with Crippen LogP contribution in [0, 0.1) is 33.5 Å². The van der Waals surface area contributed by atoms with Crippen LogP contribution in [0.4, 0.5) is 0 Å². The summed E-state index contributed by atoms with van der Waals surface area (Å²) in [5, 5.41) is 20.0. The maximum absolute atomic E-state index is 10.1. The number of nitrogens with two attached hydrogens (primary N) is 1. The zero-order valence-electron chi connectivity index (χ0n) is 16.1. The molecule has 0 radical (unpaired) electrons. The smallest absolute Gasteiger partial charge is 0.292 e. The summed E-state index contributed by atoms with van der Waals surface area (Å²) in [6.07, 6.45) is 0. The largest absolute Gasteiger partial charge is 0.489 e. The topological polar surface area (TPSA) is 114 Å². The first-order valence-electron chi connectivity index (χ1n) is 9.10. The lowest BCUT2D eigenvalue weighted by molar-refractivity contribution is -0.230.